The molecule has 1 unspecified atom stereocenters. The van der Waals surface area contributed by atoms with Crippen LogP contribution in [-0.2, 0) is 10.3 Å². The molecule has 1 aromatic rings. The Labute approximate surface area is 111 Å². The van der Waals surface area contributed by atoms with Gasteiger partial charge in [0.05, 0.1) is 0 Å². The van der Waals surface area contributed by atoms with Gasteiger partial charge in [-0.2, -0.15) is 5.21 Å². The molecule has 3 rings (SSSR count). The van der Waals surface area contributed by atoms with Crippen molar-refractivity contribution in [3.05, 3.63) is 5.82 Å². The van der Waals surface area contributed by atoms with Crippen molar-refractivity contribution in [2.75, 3.05) is 13.1 Å². The fourth-order valence-electron chi connectivity index (χ4n) is 2.98. The number of hydrogen-bond donors (Lipinski definition) is 3. The molecule has 1 amide bonds. The molecule has 1 aliphatic heterocycles. The zero-order valence-electron chi connectivity index (χ0n) is 11.1. The van der Waals surface area contributed by atoms with Gasteiger partial charge in [0.1, 0.15) is 5.54 Å². The minimum absolute atomic E-state index is 0.0330. The van der Waals surface area contributed by atoms with Crippen molar-refractivity contribution in [2.24, 2.45) is 11.8 Å². The van der Waals surface area contributed by atoms with Crippen LogP contribution in [0.2, 0.25) is 0 Å². The number of carbonyl (C=O) groups excluding carboxylic acids is 1. The molecule has 104 valence electrons. The van der Waals surface area contributed by atoms with Crippen LogP contribution in [0.25, 0.3) is 0 Å². The highest BCUT2D eigenvalue weighted by molar-refractivity contribution is 5.79. The summed E-state index contributed by atoms with van der Waals surface area (Å²) in [5.41, 5.74) is -0.407. The molecule has 19 heavy (non-hydrogen) atoms. The van der Waals surface area contributed by atoms with Crippen LogP contribution < -0.4 is 10.6 Å². The van der Waals surface area contributed by atoms with Crippen LogP contribution in [0.3, 0.4) is 0 Å². The Bertz CT molecular complexity index is 435. The SMILES string of the molecule is CC(C(=O)NC1(c2nn[nH]n2)CCCC1)C1CNC1. The lowest BCUT2D eigenvalue weighted by atomic mass is 9.86. The van der Waals surface area contributed by atoms with Gasteiger partial charge >= 0.3 is 0 Å². The average Bonchev–Trinajstić information content (AvgIpc) is 2.97. The lowest BCUT2D eigenvalue weighted by molar-refractivity contribution is -0.129. The fraction of sp³-hybridized carbons (Fsp3) is 0.833. The highest BCUT2D eigenvalue weighted by atomic mass is 16.2. The molecular formula is C12H20N6O. The van der Waals surface area contributed by atoms with E-state index in [4.69, 9.17) is 0 Å². The van der Waals surface area contributed by atoms with E-state index in [1.54, 1.807) is 0 Å². The predicted molar refractivity (Wildman–Crippen MR) is 68.0 cm³/mol. The van der Waals surface area contributed by atoms with Gasteiger partial charge in [0, 0.05) is 5.92 Å². The minimum atomic E-state index is -0.407. The van der Waals surface area contributed by atoms with Crippen molar-refractivity contribution >= 4 is 5.91 Å². The van der Waals surface area contributed by atoms with E-state index in [1.807, 2.05) is 6.92 Å². The van der Waals surface area contributed by atoms with E-state index in [0.717, 1.165) is 38.8 Å². The van der Waals surface area contributed by atoms with Gasteiger partial charge in [0.15, 0.2) is 5.82 Å². The molecule has 0 spiro atoms. The molecule has 7 heteroatoms. The summed E-state index contributed by atoms with van der Waals surface area (Å²) in [7, 11) is 0. The molecule has 2 fully saturated rings. The molecule has 0 radical (unpaired) electrons. The van der Waals surface area contributed by atoms with Gasteiger partial charge in [0.2, 0.25) is 5.91 Å². The Balaban J connectivity index is 1.73. The maximum atomic E-state index is 12.4. The zero-order chi connectivity index (χ0) is 13.3. The first-order valence-corrected chi connectivity index (χ1v) is 6.98. The van der Waals surface area contributed by atoms with Crippen LogP contribution in [0.4, 0.5) is 0 Å². The highest BCUT2D eigenvalue weighted by Gasteiger charge is 2.42. The van der Waals surface area contributed by atoms with Crippen molar-refractivity contribution < 1.29 is 4.79 Å². The van der Waals surface area contributed by atoms with Gasteiger partial charge < -0.3 is 10.6 Å². The summed E-state index contributed by atoms with van der Waals surface area (Å²) < 4.78 is 0. The van der Waals surface area contributed by atoms with Crippen molar-refractivity contribution in [2.45, 2.75) is 38.1 Å². The molecule has 2 aliphatic rings. The van der Waals surface area contributed by atoms with E-state index in [2.05, 4.69) is 31.3 Å². The summed E-state index contributed by atoms with van der Waals surface area (Å²) in [6.45, 7) is 3.87. The number of carbonyl (C=O) groups is 1. The minimum Gasteiger partial charge on any atom is -0.343 e. The monoisotopic (exact) mass is 264 g/mol. The molecule has 1 aliphatic carbocycles. The van der Waals surface area contributed by atoms with Gasteiger partial charge in [-0.1, -0.05) is 25.0 Å². The van der Waals surface area contributed by atoms with Crippen LogP contribution in [0.1, 0.15) is 38.4 Å². The van der Waals surface area contributed by atoms with E-state index >= 15 is 0 Å². The Morgan fingerprint density at radius 3 is 2.68 bits per heavy atom. The summed E-state index contributed by atoms with van der Waals surface area (Å²) >= 11 is 0. The molecular weight excluding hydrogens is 244 g/mol. The number of nitrogens with zero attached hydrogens (tertiary/aromatic N) is 3. The van der Waals surface area contributed by atoms with E-state index in [0.29, 0.717) is 11.7 Å². The molecule has 0 aromatic carbocycles. The van der Waals surface area contributed by atoms with Gasteiger partial charge in [-0.25, -0.2) is 0 Å². The largest absolute Gasteiger partial charge is 0.343 e. The second-order valence-electron chi connectivity index (χ2n) is 5.72. The van der Waals surface area contributed by atoms with Crippen LogP contribution in [0.15, 0.2) is 0 Å². The smallest absolute Gasteiger partial charge is 0.224 e. The van der Waals surface area contributed by atoms with E-state index < -0.39 is 5.54 Å². The summed E-state index contributed by atoms with van der Waals surface area (Å²) in [6.07, 6.45) is 3.98. The van der Waals surface area contributed by atoms with Crippen molar-refractivity contribution in [1.29, 1.82) is 0 Å². The standard InChI is InChI=1S/C12H20N6O/c1-8(9-6-13-7-9)10(19)14-12(4-2-3-5-12)11-15-17-18-16-11/h8-9,13H,2-7H2,1H3,(H,14,19)(H,15,16,17,18). The van der Waals surface area contributed by atoms with Gasteiger partial charge in [-0.05, 0) is 31.8 Å². The van der Waals surface area contributed by atoms with Crippen molar-refractivity contribution in [1.82, 2.24) is 31.3 Å². The third kappa shape index (κ3) is 2.22. The lowest BCUT2D eigenvalue weighted by Gasteiger charge is -2.34. The highest BCUT2D eigenvalue weighted by Crippen LogP contribution is 2.37. The second kappa shape index (κ2) is 4.88. The normalized spacial score (nSPS) is 23.8. The quantitative estimate of drug-likeness (QED) is 0.708. The molecule has 1 saturated carbocycles. The van der Waals surface area contributed by atoms with Crippen LogP contribution in [0.5, 0.6) is 0 Å². The van der Waals surface area contributed by atoms with Crippen LogP contribution in [0, 0.1) is 11.8 Å². The summed E-state index contributed by atoms with van der Waals surface area (Å²) in [4.78, 5) is 12.4. The fourth-order valence-corrected chi connectivity index (χ4v) is 2.98. The third-order valence-electron chi connectivity index (χ3n) is 4.53. The number of H-pyrrole nitrogens is 1. The molecule has 0 bridgehead atoms. The number of aromatic amines is 1. The summed E-state index contributed by atoms with van der Waals surface area (Å²) in [6, 6.07) is 0. The number of hydrogen-bond acceptors (Lipinski definition) is 5. The first kappa shape index (κ1) is 12.5. The van der Waals surface area contributed by atoms with E-state index in [9.17, 15) is 4.79 Å². The van der Waals surface area contributed by atoms with Crippen LogP contribution >= 0.6 is 0 Å². The molecule has 1 atom stereocenters. The number of amides is 1. The number of tetrazole rings is 1. The maximum absolute atomic E-state index is 12.4. The first-order valence-electron chi connectivity index (χ1n) is 6.98. The van der Waals surface area contributed by atoms with E-state index in [-0.39, 0.29) is 11.8 Å². The van der Waals surface area contributed by atoms with Gasteiger partial charge in [0.25, 0.3) is 0 Å². The Hall–Kier alpha value is -1.50. The summed E-state index contributed by atoms with van der Waals surface area (Å²) in [5, 5.41) is 20.7. The molecule has 2 heterocycles. The Morgan fingerprint density at radius 1 is 1.42 bits per heavy atom. The second-order valence-corrected chi connectivity index (χ2v) is 5.72. The average molecular weight is 264 g/mol. The number of rotatable bonds is 4. The van der Waals surface area contributed by atoms with Crippen molar-refractivity contribution in [3.8, 4) is 0 Å². The first-order chi connectivity index (χ1) is 9.21. The zero-order valence-corrected chi connectivity index (χ0v) is 11.1. The van der Waals surface area contributed by atoms with Crippen LogP contribution in [-0.4, -0.2) is 39.6 Å². The van der Waals surface area contributed by atoms with Crippen molar-refractivity contribution in [3.63, 3.8) is 0 Å². The third-order valence-corrected chi connectivity index (χ3v) is 4.53. The maximum Gasteiger partial charge on any atom is 0.224 e. The Morgan fingerprint density at radius 2 is 2.16 bits per heavy atom. The topological polar surface area (TPSA) is 95.6 Å². The Kier molecular flexibility index (Phi) is 3.22. The van der Waals surface area contributed by atoms with Gasteiger partial charge in [-0.15, -0.1) is 10.2 Å². The van der Waals surface area contributed by atoms with Gasteiger partial charge in [-0.3, -0.25) is 4.79 Å². The molecule has 1 saturated heterocycles. The number of nitrogens with one attached hydrogen (secondary N) is 3. The lowest BCUT2D eigenvalue weighted by Crippen LogP contribution is -2.53. The summed E-state index contributed by atoms with van der Waals surface area (Å²) in [5.74, 6) is 1.21. The number of aromatic nitrogens is 4. The molecule has 1 aromatic heterocycles. The van der Waals surface area contributed by atoms with E-state index in [1.165, 1.54) is 0 Å². The predicted octanol–water partition coefficient (Wildman–Crippen LogP) is -0.0593. The molecule has 7 nitrogen and oxygen atoms in total. The molecule has 3 N–H and O–H groups in total.